The minimum atomic E-state index is -1.19. The van der Waals surface area contributed by atoms with E-state index in [2.05, 4.69) is 16.2 Å². The van der Waals surface area contributed by atoms with E-state index in [4.69, 9.17) is 10.5 Å². The van der Waals surface area contributed by atoms with Gasteiger partial charge in [-0.25, -0.2) is 0 Å². The third-order valence-electron chi connectivity index (χ3n) is 8.65. The average molecular weight is 667 g/mol. The molecule has 0 bridgehead atoms. The van der Waals surface area contributed by atoms with Crippen LogP contribution in [0.4, 0.5) is 0 Å². The molecule has 1 fully saturated rings. The lowest BCUT2D eigenvalue weighted by Gasteiger charge is -2.32. The molecule has 268 valence electrons. The van der Waals surface area contributed by atoms with Crippen molar-refractivity contribution in [1.29, 1.82) is 0 Å². The third-order valence-corrected chi connectivity index (χ3v) is 8.65. The predicted octanol–water partition coefficient (Wildman–Crippen LogP) is 1.45. The SMILES string of the molecule is CCC(C)C1CC(=O)N(CCCCCC(=O)NNC(=O)C(N)COC(=O)CCCN(C)C(C(=O)N[C@H](C(C)=O)C(C)C)C(C)C)C1=O. The lowest BCUT2D eigenvalue weighted by Crippen LogP contribution is -2.54. The van der Waals surface area contributed by atoms with Crippen molar-refractivity contribution in [2.24, 2.45) is 29.4 Å². The van der Waals surface area contributed by atoms with E-state index >= 15 is 0 Å². The fraction of sp³-hybridized carbons (Fsp3) is 0.788. The van der Waals surface area contributed by atoms with E-state index in [1.54, 1.807) is 7.05 Å². The summed E-state index contributed by atoms with van der Waals surface area (Å²) in [6.07, 6.45) is 3.39. The Bertz CT molecular complexity index is 1100. The van der Waals surface area contributed by atoms with Crippen LogP contribution in [0.2, 0.25) is 0 Å². The number of hydrogen-bond acceptors (Lipinski definition) is 10. The molecular weight excluding hydrogens is 608 g/mol. The highest BCUT2D eigenvalue weighted by Gasteiger charge is 2.40. The predicted molar refractivity (Wildman–Crippen MR) is 176 cm³/mol. The minimum absolute atomic E-state index is 0.0370. The summed E-state index contributed by atoms with van der Waals surface area (Å²) < 4.78 is 5.12. The zero-order valence-corrected chi connectivity index (χ0v) is 29.6. The maximum atomic E-state index is 13.0. The number of likely N-dealkylation sites (tertiary alicyclic amines) is 1. The molecule has 1 heterocycles. The number of ketones is 1. The van der Waals surface area contributed by atoms with Crippen LogP contribution >= 0.6 is 0 Å². The summed E-state index contributed by atoms with van der Waals surface area (Å²) in [5, 5.41) is 2.85. The lowest BCUT2D eigenvalue weighted by molar-refractivity contribution is -0.145. The lowest BCUT2D eigenvalue weighted by atomic mass is 9.90. The van der Waals surface area contributed by atoms with Crippen LogP contribution in [0.15, 0.2) is 0 Å². The zero-order chi connectivity index (χ0) is 35.8. The number of carbonyl (C=O) groups excluding carboxylic acids is 7. The number of hydrogen-bond donors (Lipinski definition) is 4. The molecule has 1 aliphatic rings. The van der Waals surface area contributed by atoms with Crippen LogP contribution in [0.5, 0.6) is 0 Å². The smallest absolute Gasteiger partial charge is 0.305 e. The maximum Gasteiger partial charge on any atom is 0.305 e. The molecule has 5 amide bonds. The molecule has 0 aromatic carbocycles. The number of nitrogens with zero attached hydrogens (tertiary/aromatic N) is 2. The number of hydrazine groups is 1. The van der Waals surface area contributed by atoms with E-state index in [0.29, 0.717) is 38.8 Å². The van der Waals surface area contributed by atoms with Crippen LogP contribution in [0.1, 0.15) is 99.8 Å². The fourth-order valence-corrected chi connectivity index (χ4v) is 5.62. The highest BCUT2D eigenvalue weighted by atomic mass is 16.5. The first-order valence-electron chi connectivity index (χ1n) is 16.9. The number of carbonyl (C=O) groups is 7. The molecule has 5 atom stereocenters. The summed E-state index contributed by atoms with van der Waals surface area (Å²) in [7, 11) is 1.78. The van der Waals surface area contributed by atoms with Crippen molar-refractivity contribution in [3.8, 4) is 0 Å². The van der Waals surface area contributed by atoms with Gasteiger partial charge in [0.25, 0.3) is 5.91 Å². The van der Waals surface area contributed by atoms with Gasteiger partial charge in [0.1, 0.15) is 12.6 Å². The van der Waals surface area contributed by atoms with Crippen LogP contribution in [-0.4, -0.2) is 96.0 Å². The van der Waals surface area contributed by atoms with Crippen molar-refractivity contribution in [2.45, 2.75) is 118 Å². The molecular formula is C33H58N6O8. The van der Waals surface area contributed by atoms with Crippen LogP contribution in [0.3, 0.4) is 0 Å². The molecule has 0 spiro atoms. The minimum Gasteiger partial charge on any atom is -0.463 e. The summed E-state index contributed by atoms with van der Waals surface area (Å²) in [6.45, 7) is 13.4. The Balaban J connectivity index is 2.30. The molecule has 0 radical (unpaired) electrons. The molecule has 0 aromatic rings. The quantitative estimate of drug-likeness (QED) is 0.0602. The number of likely N-dealkylation sites (N-methyl/N-ethyl adjacent to an activating group) is 1. The Morgan fingerprint density at radius 2 is 1.60 bits per heavy atom. The van der Waals surface area contributed by atoms with E-state index in [1.807, 2.05) is 46.4 Å². The van der Waals surface area contributed by atoms with Gasteiger partial charge < -0.3 is 15.8 Å². The molecule has 0 aliphatic carbocycles. The van der Waals surface area contributed by atoms with Crippen LogP contribution in [-0.2, 0) is 38.3 Å². The topological polar surface area (TPSA) is 197 Å². The molecule has 1 saturated heterocycles. The van der Waals surface area contributed by atoms with Crippen molar-refractivity contribution in [1.82, 2.24) is 26.0 Å². The molecule has 14 nitrogen and oxygen atoms in total. The summed E-state index contributed by atoms with van der Waals surface area (Å²) in [6, 6.07) is -2.25. The van der Waals surface area contributed by atoms with Crippen molar-refractivity contribution < 1.29 is 38.3 Å². The second-order valence-electron chi connectivity index (χ2n) is 13.3. The maximum absolute atomic E-state index is 13.0. The molecule has 4 unspecified atom stereocenters. The summed E-state index contributed by atoms with van der Waals surface area (Å²) in [5.74, 6) is -2.45. The Hall–Kier alpha value is -3.39. The van der Waals surface area contributed by atoms with Gasteiger partial charge in [-0.2, -0.15) is 0 Å². The Morgan fingerprint density at radius 1 is 0.936 bits per heavy atom. The first-order chi connectivity index (χ1) is 22.0. The highest BCUT2D eigenvalue weighted by molar-refractivity contribution is 6.03. The first kappa shape index (κ1) is 41.6. The normalized spacial score (nSPS) is 17.4. The zero-order valence-electron chi connectivity index (χ0n) is 29.6. The summed E-state index contributed by atoms with van der Waals surface area (Å²) >= 11 is 0. The van der Waals surface area contributed by atoms with Crippen LogP contribution in [0.25, 0.3) is 0 Å². The van der Waals surface area contributed by atoms with Crippen LogP contribution < -0.4 is 21.9 Å². The number of imide groups is 1. The number of ether oxygens (including phenoxy) is 1. The summed E-state index contributed by atoms with van der Waals surface area (Å²) in [4.78, 5) is 89.4. The molecule has 1 aliphatic heterocycles. The van der Waals surface area contributed by atoms with Gasteiger partial charge in [0, 0.05) is 31.7 Å². The largest absolute Gasteiger partial charge is 0.463 e. The van der Waals surface area contributed by atoms with E-state index in [1.165, 1.54) is 11.8 Å². The Kier molecular flexibility index (Phi) is 18.4. The number of amides is 5. The van der Waals surface area contributed by atoms with Gasteiger partial charge in [-0.1, -0.05) is 54.4 Å². The summed E-state index contributed by atoms with van der Waals surface area (Å²) in [5.41, 5.74) is 10.3. The second kappa shape index (κ2) is 20.8. The average Bonchev–Trinajstić information content (AvgIpc) is 3.28. The molecule has 47 heavy (non-hydrogen) atoms. The van der Waals surface area contributed by atoms with Gasteiger partial charge >= 0.3 is 5.97 Å². The molecule has 0 saturated carbocycles. The Labute approximate surface area is 279 Å². The van der Waals surface area contributed by atoms with Crippen molar-refractivity contribution in [3.63, 3.8) is 0 Å². The van der Waals surface area contributed by atoms with Gasteiger partial charge in [-0.3, -0.25) is 54.2 Å². The number of nitrogens with one attached hydrogen (secondary N) is 3. The second-order valence-corrected chi connectivity index (χ2v) is 13.3. The number of unbranched alkanes of at least 4 members (excludes halogenated alkanes) is 2. The van der Waals surface area contributed by atoms with Gasteiger partial charge in [-0.15, -0.1) is 0 Å². The van der Waals surface area contributed by atoms with Gasteiger partial charge in [0.05, 0.1) is 12.1 Å². The van der Waals surface area contributed by atoms with Gasteiger partial charge in [0.2, 0.25) is 23.6 Å². The molecule has 14 heteroatoms. The molecule has 1 rings (SSSR count). The molecule has 0 aromatic heterocycles. The highest BCUT2D eigenvalue weighted by Crippen LogP contribution is 2.28. The van der Waals surface area contributed by atoms with Crippen molar-refractivity contribution in [3.05, 3.63) is 0 Å². The first-order valence-corrected chi connectivity index (χ1v) is 16.9. The van der Waals surface area contributed by atoms with E-state index in [0.717, 1.165) is 6.42 Å². The van der Waals surface area contributed by atoms with E-state index in [-0.39, 0.29) is 73.0 Å². The molecule has 5 N–H and O–H groups in total. The van der Waals surface area contributed by atoms with Gasteiger partial charge in [0.15, 0.2) is 5.78 Å². The van der Waals surface area contributed by atoms with Crippen LogP contribution in [0, 0.1) is 23.7 Å². The van der Waals surface area contributed by atoms with E-state index in [9.17, 15) is 33.6 Å². The van der Waals surface area contributed by atoms with Crippen molar-refractivity contribution in [2.75, 3.05) is 26.7 Å². The van der Waals surface area contributed by atoms with Crippen molar-refractivity contribution >= 4 is 41.3 Å². The third kappa shape index (κ3) is 14.1. The Morgan fingerprint density at radius 3 is 2.17 bits per heavy atom. The monoisotopic (exact) mass is 666 g/mol. The van der Waals surface area contributed by atoms with Gasteiger partial charge in [-0.05, 0) is 57.5 Å². The number of nitrogens with two attached hydrogens (primary N) is 1. The fourth-order valence-electron chi connectivity index (χ4n) is 5.62. The number of Topliss-reactive ketones (excluding diaryl/α,β-unsaturated/α-hetero) is 1. The number of rotatable bonds is 21. The number of esters is 1. The standard InChI is InChI=1S/C33H58N6O8/c1-9-22(6)24-18-27(42)39(33(24)46)17-12-10-11-14-26(41)36-37-31(44)25(34)19-47-28(43)15-13-16-38(8)30(21(4)5)32(45)35-29(20(2)3)23(7)40/h20-22,24-25,29-30H,9-19,34H2,1-8H3,(H,35,45)(H,36,41)(H,37,44)/t22?,24?,25?,29-,30?/m0/s1. The van der Waals surface area contributed by atoms with E-state index < -0.39 is 35.9 Å².